The minimum absolute atomic E-state index is 0.612. The lowest BCUT2D eigenvalue weighted by Crippen LogP contribution is -1.99. The molecule has 0 aliphatic carbocycles. The Balaban J connectivity index is 2.30. The lowest BCUT2D eigenvalue weighted by Gasteiger charge is -2.10. The molecule has 0 amide bonds. The molecule has 4 heteroatoms. The van der Waals surface area contributed by atoms with Gasteiger partial charge in [-0.15, -0.1) is 0 Å². The molecule has 0 aliphatic rings. The van der Waals surface area contributed by atoms with E-state index in [1.807, 2.05) is 6.07 Å². The van der Waals surface area contributed by atoms with Crippen LogP contribution in [-0.2, 0) is 0 Å². The molecule has 1 aromatic heterocycles. The molecule has 0 saturated carbocycles. The molecule has 0 saturated heterocycles. The van der Waals surface area contributed by atoms with Gasteiger partial charge in [-0.1, -0.05) is 18.2 Å². The molecule has 1 aromatic carbocycles. The number of nitrogens with zero attached hydrogens (tertiary/aromatic N) is 2. The van der Waals surface area contributed by atoms with E-state index in [1.54, 1.807) is 12.4 Å². The van der Waals surface area contributed by atoms with Gasteiger partial charge in [-0.05, 0) is 40.9 Å². The smallest absolute Gasteiger partial charge is 0.227 e. The molecule has 2 rings (SSSR count). The first-order valence-electron chi connectivity index (χ1n) is 4.97. The van der Waals surface area contributed by atoms with Crippen LogP contribution in [0.25, 0.3) is 0 Å². The maximum atomic E-state index is 4.19. The van der Waals surface area contributed by atoms with Crippen molar-refractivity contribution in [1.29, 1.82) is 0 Å². The first-order valence-corrected chi connectivity index (χ1v) is 5.77. The number of hydrogen-bond donors (Lipinski definition) is 1. The Morgan fingerprint density at radius 2 is 1.62 bits per heavy atom. The van der Waals surface area contributed by atoms with Gasteiger partial charge >= 0.3 is 0 Å². The predicted octanol–water partition coefficient (Wildman–Crippen LogP) is 3.60. The molecule has 0 spiro atoms. The van der Waals surface area contributed by atoms with Crippen LogP contribution in [0.4, 0.5) is 11.6 Å². The fourth-order valence-electron chi connectivity index (χ4n) is 1.50. The second kappa shape index (κ2) is 4.61. The van der Waals surface area contributed by atoms with Gasteiger partial charge in [0.25, 0.3) is 0 Å². The van der Waals surface area contributed by atoms with E-state index in [-0.39, 0.29) is 0 Å². The number of rotatable bonds is 2. The zero-order valence-corrected chi connectivity index (χ0v) is 10.7. The van der Waals surface area contributed by atoms with E-state index < -0.39 is 0 Å². The number of benzene rings is 1. The Kier molecular flexibility index (Phi) is 3.19. The monoisotopic (exact) mass is 277 g/mol. The summed E-state index contributed by atoms with van der Waals surface area (Å²) in [6.07, 6.45) is 3.45. The Morgan fingerprint density at radius 3 is 2.19 bits per heavy atom. The van der Waals surface area contributed by atoms with Crippen molar-refractivity contribution in [2.45, 2.75) is 13.8 Å². The summed E-state index contributed by atoms with van der Waals surface area (Å²) >= 11 is 3.31. The lowest BCUT2D eigenvalue weighted by molar-refractivity contribution is 1.14. The minimum Gasteiger partial charge on any atom is -0.324 e. The van der Waals surface area contributed by atoms with Crippen LogP contribution in [0.1, 0.15) is 11.1 Å². The van der Waals surface area contributed by atoms with E-state index in [1.165, 1.54) is 11.1 Å². The number of aryl methyl sites for hydroxylation is 2. The van der Waals surface area contributed by atoms with Gasteiger partial charge in [0.05, 0.1) is 4.47 Å². The summed E-state index contributed by atoms with van der Waals surface area (Å²) in [5.41, 5.74) is 3.45. The first kappa shape index (κ1) is 11.1. The summed E-state index contributed by atoms with van der Waals surface area (Å²) in [7, 11) is 0. The Labute approximate surface area is 103 Å². The van der Waals surface area contributed by atoms with Crippen LogP contribution < -0.4 is 5.32 Å². The summed E-state index contributed by atoms with van der Waals surface area (Å²) in [6, 6.07) is 6.17. The van der Waals surface area contributed by atoms with Gasteiger partial charge in [-0.25, -0.2) is 9.97 Å². The van der Waals surface area contributed by atoms with Crippen molar-refractivity contribution < 1.29 is 0 Å². The van der Waals surface area contributed by atoms with Crippen molar-refractivity contribution >= 4 is 27.6 Å². The quantitative estimate of drug-likeness (QED) is 0.912. The average molecular weight is 278 g/mol. The maximum absolute atomic E-state index is 4.19. The van der Waals surface area contributed by atoms with E-state index in [0.29, 0.717) is 5.95 Å². The fourth-order valence-corrected chi connectivity index (χ4v) is 1.71. The van der Waals surface area contributed by atoms with Gasteiger partial charge < -0.3 is 5.32 Å². The molecule has 0 aliphatic heterocycles. The van der Waals surface area contributed by atoms with Crippen LogP contribution in [-0.4, -0.2) is 9.97 Å². The molecule has 1 heterocycles. The van der Waals surface area contributed by atoms with Gasteiger partial charge in [0, 0.05) is 18.1 Å². The predicted molar refractivity (Wildman–Crippen MR) is 68.9 cm³/mol. The SMILES string of the molecule is Cc1cccc(C)c1Nc1ncc(Br)cn1. The molecule has 0 atom stereocenters. The number of hydrogen-bond acceptors (Lipinski definition) is 3. The number of anilines is 2. The van der Waals surface area contributed by atoms with E-state index in [4.69, 9.17) is 0 Å². The highest BCUT2D eigenvalue weighted by atomic mass is 79.9. The van der Waals surface area contributed by atoms with Crippen LogP contribution >= 0.6 is 15.9 Å². The number of aromatic nitrogens is 2. The highest BCUT2D eigenvalue weighted by molar-refractivity contribution is 9.10. The average Bonchev–Trinajstić information content (AvgIpc) is 2.26. The standard InChI is InChI=1S/C12H12BrN3/c1-8-4-3-5-9(2)11(8)16-12-14-6-10(13)7-15-12/h3-7H,1-2H3,(H,14,15,16). The lowest BCUT2D eigenvalue weighted by atomic mass is 10.1. The van der Waals surface area contributed by atoms with E-state index in [2.05, 4.69) is 57.2 Å². The molecule has 0 fully saturated rings. The minimum atomic E-state index is 0.612. The highest BCUT2D eigenvalue weighted by Crippen LogP contribution is 2.22. The molecule has 3 nitrogen and oxygen atoms in total. The van der Waals surface area contributed by atoms with Gasteiger partial charge in [-0.3, -0.25) is 0 Å². The highest BCUT2D eigenvalue weighted by Gasteiger charge is 2.03. The summed E-state index contributed by atoms with van der Waals surface area (Å²) in [5, 5.41) is 3.22. The molecule has 82 valence electrons. The first-order chi connectivity index (χ1) is 7.66. The van der Waals surface area contributed by atoms with Crippen LogP contribution in [0, 0.1) is 13.8 Å². The molecule has 1 N–H and O–H groups in total. The van der Waals surface area contributed by atoms with Gasteiger partial charge in [0.2, 0.25) is 5.95 Å². The molecule has 0 radical (unpaired) electrons. The van der Waals surface area contributed by atoms with Crippen molar-refractivity contribution in [3.8, 4) is 0 Å². The molecular formula is C12H12BrN3. The summed E-state index contributed by atoms with van der Waals surface area (Å²) in [5.74, 6) is 0.612. The summed E-state index contributed by atoms with van der Waals surface area (Å²) in [6.45, 7) is 4.13. The van der Waals surface area contributed by atoms with Crippen molar-refractivity contribution in [3.05, 3.63) is 46.2 Å². The van der Waals surface area contributed by atoms with Crippen LogP contribution in [0.15, 0.2) is 35.1 Å². The van der Waals surface area contributed by atoms with Gasteiger partial charge in [0.15, 0.2) is 0 Å². The molecule has 0 bridgehead atoms. The van der Waals surface area contributed by atoms with Crippen LogP contribution in [0.3, 0.4) is 0 Å². The Bertz CT molecular complexity index is 474. The van der Waals surface area contributed by atoms with E-state index in [0.717, 1.165) is 10.2 Å². The Morgan fingerprint density at radius 1 is 1.06 bits per heavy atom. The molecule has 2 aromatic rings. The van der Waals surface area contributed by atoms with Crippen molar-refractivity contribution in [1.82, 2.24) is 9.97 Å². The molecule has 16 heavy (non-hydrogen) atoms. The number of para-hydroxylation sites is 1. The van der Waals surface area contributed by atoms with Gasteiger partial charge in [0.1, 0.15) is 0 Å². The zero-order chi connectivity index (χ0) is 11.5. The molecular weight excluding hydrogens is 266 g/mol. The summed E-state index contributed by atoms with van der Waals surface area (Å²) < 4.78 is 0.875. The second-order valence-electron chi connectivity index (χ2n) is 3.62. The second-order valence-corrected chi connectivity index (χ2v) is 4.53. The zero-order valence-electron chi connectivity index (χ0n) is 9.16. The third kappa shape index (κ3) is 2.39. The third-order valence-corrected chi connectivity index (χ3v) is 2.75. The van der Waals surface area contributed by atoms with E-state index in [9.17, 15) is 0 Å². The van der Waals surface area contributed by atoms with Crippen molar-refractivity contribution in [2.24, 2.45) is 0 Å². The normalized spacial score (nSPS) is 10.2. The Hall–Kier alpha value is -1.42. The number of halogens is 1. The van der Waals surface area contributed by atoms with E-state index >= 15 is 0 Å². The third-order valence-electron chi connectivity index (χ3n) is 2.34. The van der Waals surface area contributed by atoms with Gasteiger partial charge in [-0.2, -0.15) is 0 Å². The van der Waals surface area contributed by atoms with Crippen molar-refractivity contribution in [3.63, 3.8) is 0 Å². The topological polar surface area (TPSA) is 37.8 Å². The van der Waals surface area contributed by atoms with Crippen molar-refractivity contribution in [2.75, 3.05) is 5.32 Å². The largest absolute Gasteiger partial charge is 0.324 e. The number of nitrogens with one attached hydrogen (secondary N) is 1. The van der Waals surface area contributed by atoms with Crippen LogP contribution in [0.5, 0.6) is 0 Å². The maximum Gasteiger partial charge on any atom is 0.227 e. The fraction of sp³-hybridized carbons (Fsp3) is 0.167. The molecule has 0 unspecified atom stereocenters. The van der Waals surface area contributed by atoms with Crippen LogP contribution in [0.2, 0.25) is 0 Å². The summed E-state index contributed by atoms with van der Waals surface area (Å²) in [4.78, 5) is 8.37.